The van der Waals surface area contributed by atoms with E-state index in [0.29, 0.717) is 5.56 Å². The summed E-state index contributed by atoms with van der Waals surface area (Å²) < 4.78 is 1.14. The van der Waals surface area contributed by atoms with Crippen LogP contribution in [0.1, 0.15) is 30.5 Å². The molecule has 0 radical (unpaired) electrons. The highest BCUT2D eigenvalue weighted by Crippen LogP contribution is 2.56. The maximum absolute atomic E-state index is 9.45. The van der Waals surface area contributed by atoms with E-state index < -0.39 is 0 Å². The third kappa shape index (κ3) is 2.55. The number of fused-ring (bicyclic) bond motifs is 7. The Morgan fingerprint density at radius 3 is 1.97 bits per heavy atom. The fourth-order valence-corrected chi connectivity index (χ4v) is 5.95. The maximum atomic E-state index is 9.45. The molecule has 0 saturated heterocycles. The smallest absolute Gasteiger partial charge is 0.0991 e. The number of hydrogen-bond donors (Lipinski definition) is 0. The van der Waals surface area contributed by atoms with Crippen molar-refractivity contribution in [2.75, 3.05) is 0 Å². The predicted molar refractivity (Wildman–Crippen MR) is 137 cm³/mol. The van der Waals surface area contributed by atoms with Gasteiger partial charge in [-0.2, -0.15) is 5.26 Å². The minimum Gasteiger partial charge on any atom is -0.192 e. The summed E-state index contributed by atoms with van der Waals surface area (Å²) in [4.78, 5) is 0. The molecule has 0 fully saturated rings. The van der Waals surface area contributed by atoms with E-state index in [-0.39, 0.29) is 5.41 Å². The summed E-state index contributed by atoms with van der Waals surface area (Å²) in [6.07, 6.45) is 0. The highest BCUT2D eigenvalue weighted by Gasteiger charge is 2.38. The molecule has 0 unspecified atom stereocenters. The van der Waals surface area contributed by atoms with Gasteiger partial charge in [-0.05, 0) is 79.2 Å². The zero-order chi connectivity index (χ0) is 22.0. The predicted octanol–water partition coefficient (Wildman–Crippen LogP) is 8.60. The first kappa shape index (κ1) is 19.3. The van der Waals surface area contributed by atoms with Crippen LogP contribution in [0.15, 0.2) is 89.4 Å². The van der Waals surface area contributed by atoms with Crippen LogP contribution in [0.4, 0.5) is 0 Å². The van der Waals surface area contributed by atoms with Crippen LogP contribution in [-0.4, -0.2) is 0 Å². The fourth-order valence-electron chi connectivity index (χ4n) is 5.37. The lowest BCUT2D eigenvalue weighted by molar-refractivity contribution is 0.661. The van der Waals surface area contributed by atoms with Crippen molar-refractivity contribution in [3.8, 4) is 28.3 Å². The molecule has 6 rings (SSSR count). The molecule has 0 saturated carbocycles. The van der Waals surface area contributed by atoms with Gasteiger partial charge in [0, 0.05) is 9.89 Å². The van der Waals surface area contributed by atoms with E-state index in [1.165, 1.54) is 49.4 Å². The van der Waals surface area contributed by atoms with Gasteiger partial charge < -0.3 is 0 Å². The summed E-state index contributed by atoms with van der Waals surface area (Å²) in [7, 11) is 0. The molecule has 1 aliphatic rings. The second-order valence-corrected chi connectivity index (χ2v) is 9.89. The van der Waals surface area contributed by atoms with Crippen molar-refractivity contribution in [1.29, 1.82) is 5.26 Å². The molecule has 1 nitrogen and oxygen atoms in total. The van der Waals surface area contributed by atoms with E-state index in [0.717, 1.165) is 10.0 Å². The second kappa shape index (κ2) is 6.79. The SMILES string of the molecule is CC1(C)c2cc(Br)c3ccccc3c2-c2c1cc(-c1cccc(C#N)c1)c1ccccc21. The Morgan fingerprint density at radius 2 is 1.28 bits per heavy atom. The summed E-state index contributed by atoms with van der Waals surface area (Å²) in [5.74, 6) is 0. The Balaban J connectivity index is 1.79. The normalized spacial score (nSPS) is 13.7. The van der Waals surface area contributed by atoms with Crippen molar-refractivity contribution in [2.24, 2.45) is 0 Å². The lowest BCUT2D eigenvalue weighted by Crippen LogP contribution is -2.15. The van der Waals surface area contributed by atoms with Crippen LogP contribution >= 0.6 is 15.9 Å². The molecule has 0 atom stereocenters. The van der Waals surface area contributed by atoms with E-state index in [1.807, 2.05) is 18.2 Å². The van der Waals surface area contributed by atoms with Crippen LogP contribution in [0.25, 0.3) is 43.8 Å². The van der Waals surface area contributed by atoms with E-state index in [4.69, 9.17) is 0 Å². The van der Waals surface area contributed by atoms with Crippen LogP contribution in [0.3, 0.4) is 0 Å². The van der Waals surface area contributed by atoms with Crippen molar-refractivity contribution in [3.63, 3.8) is 0 Å². The lowest BCUT2D eigenvalue weighted by Gasteiger charge is -2.23. The largest absolute Gasteiger partial charge is 0.192 e. The topological polar surface area (TPSA) is 23.8 Å². The van der Waals surface area contributed by atoms with Gasteiger partial charge in [0.25, 0.3) is 0 Å². The van der Waals surface area contributed by atoms with Crippen molar-refractivity contribution in [2.45, 2.75) is 19.3 Å². The first-order valence-corrected chi connectivity index (χ1v) is 11.6. The van der Waals surface area contributed by atoms with Crippen LogP contribution in [0.5, 0.6) is 0 Å². The van der Waals surface area contributed by atoms with Gasteiger partial charge >= 0.3 is 0 Å². The third-order valence-corrected chi connectivity index (χ3v) is 7.59. The summed E-state index contributed by atoms with van der Waals surface area (Å²) >= 11 is 3.83. The molecule has 32 heavy (non-hydrogen) atoms. The highest BCUT2D eigenvalue weighted by atomic mass is 79.9. The Kier molecular flexibility index (Phi) is 4.09. The maximum Gasteiger partial charge on any atom is 0.0991 e. The van der Waals surface area contributed by atoms with Crippen molar-refractivity contribution in [3.05, 3.63) is 106 Å². The Morgan fingerprint density at radius 1 is 0.688 bits per heavy atom. The summed E-state index contributed by atoms with van der Waals surface area (Å²) in [6, 6.07) is 32.2. The van der Waals surface area contributed by atoms with Crippen LogP contribution in [0.2, 0.25) is 0 Å². The number of hydrogen-bond acceptors (Lipinski definition) is 1. The van der Waals surface area contributed by atoms with Crippen LogP contribution in [-0.2, 0) is 5.41 Å². The Bertz CT molecular complexity index is 1620. The summed E-state index contributed by atoms with van der Waals surface area (Å²) in [5.41, 5.74) is 8.19. The minimum atomic E-state index is -0.136. The molecule has 1 aliphatic carbocycles. The zero-order valence-electron chi connectivity index (χ0n) is 17.9. The van der Waals surface area contributed by atoms with Crippen molar-refractivity contribution in [1.82, 2.24) is 0 Å². The molecule has 5 aromatic rings. The molecule has 2 heteroatoms. The molecule has 0 heterocycles. The molecule has 0 spiro atoms. The van der Waals surface area contributed by atoms with Crippen LogP contribution < -0.4 is 0 Å². The van der Waals surface area contributed by atoms with E-state index >= 15 is 0 Å². The number of nitrogens with zero attached hydrogens (tertiary/aromatic N) is 1. The third-order valence-electron chi connectivity index (χ3n) is 6.94. The van der Waals surface area contributed by atoms with Crippen molar-refractivity contribution >= 4 is 37.5 Å². The zero-order valence-corrected chi connectivity index (χ0v) is 19.5. The fraction of sp³-hybridized carbons (Fsp3) is 0.100. The first-order valence-electron chi connectivity index (χ1n) is 10.8. The first-order chi connectivity index (χ1) is 15.5. The molecule has 152 valence electrons. The average molecular weight is 474 g/mol. The molecule has 0 amide bonds. The molecule has 0 aromatic heterocycles. The number of nitriles is 1. The van der Waals surface area contributed by atoms with Gasteiger partial charge in [-0.3, -0.25) is 0 Å². The standard InChI is InChI=1S/C30H20BrN/c1-30(2)25-15-24(19-9-7-8-18(14-19)17-32)20-10-3-5-12-22(20)28(25)29-23-13-6-4-11-21(23)27(31)16-26(29)30/h3-16H,1-2H3. The molecule has 5 aromatic carbocycles. The van der Waals surface area contributed by atoms with E-state index in [2.05, 4.69) is 103 Å². The van der Waals surface area contributed by atoms with Gasteiger partial charge in [-0.15, -0.1) is 0 Å². The Labute approximate surface area is 196 Å². The molecule has 0 bridgehead atoms. The summed E-state index contributed by atoms with van der Waals surface area (Å²) in [5, 5.41) is 14.5. The molecular formula is C30H20BrN. The molecule has 0 N–H and O–H groups in total. The Hall–Kier alpha value is -3.41. The van der Waals surface area contributed by atoms with Gasteiger partial charge in [0.1, 0.15) is 0 Å². The van der Waals surface area contributed by atoms with E-state index in [1.54, 1.807) is 0 Å². The van der Waals surface area contributed by atoms with Gasteiger partial charge in [0.2, 0.25) is 0 Å². The number of benzene rings is 5. The monoisotopic (exact) mass is 473 g/mol. The minimum absolute atomic E-state index is 0.136. The molecule has 0 aliphatic heterocycles. The summed E-state index contributed by atoms with van der Waals surface area (Å²) in [6.45, 7) is 4.65. The van der Waals surface area contributed by atoms with Gasteiger partial charge in [0.05, 0.1) is 11.6 Å². The average Bonchev–Trinajstić information content (AvgIpc) is 3.05. The van der Waals surface area contributed by atoms with Crippen LogP contribution in [0, 0.1) is 11.3 Å². The van der Waals surface area contributed by atoms with Crippen molar-refractivity contribution < 1.29 is 0 Å². The lowest BCUT2D eigenvalue weighted by atomic mass is 9.80. The molecular weight excluding hydrogens is 454 g/mol. The van der Waals surface area contributed by atoms with E-state index in [9.17, 15) is 5.26 Å². The number of rotatable bonds is 1. The number of halogens is 1. The van der Waals surface area contributed by atoms with Gasteiger partial charge in [-0.1, -0.05) is 90.4 Å². The van der Waals surface area contributed by atoms with Gasteiger partial charge in [0.15, 0.2) is 0 Å². The highest BCUT2D eigenvalue weighted by molar-refractivity contribution is 9.10. The quantitative estimate of drug-likeness (QED) is 0.239. The van der Waals surface area contributed by atoms with Gasteiger partial charge in [-0.25, -0.2) is 0 Å². The second-order valence-electron chi connectivity index (χ2n) is 9.04.